The molecule has 3 heterocycles. The van der Waals surface area contributed by atoms with E-state index in [2.05, 4.69) is 33.1 Å². The molecular weight excluding hydrogens is 252 g/mol. The zero-order valence-corrected chi connectivity index (χ0v) is 11.9. The molecule has 106 valence electrons. The monoisotopic (exact) mass is 272 g/mol. The molecule has 0 N–H and O–H groups in total. The standard InChI is InChI=1S/C15H20N4O/c1-11-6-13-15(17-20-16-13)14(7-11)19-9-12(10-19)8-18-4-2-3-5-18/h6-7,12H,2-5,8-10H2,1H3. The Morgan fingerprint density at radius 1 is 1.20 bits per heavy atom. The third-order valence-electron chi connectivity index (χ3n) is 4.50. The van der Waals surface area contributed by atoms with Gasteiger partial charge in [0.2, 0.25) is 0 Å². The van der Waals surface area contributed by atoms with Crippen LogP contribution >= 0.6 is 0 Å². The number of fused-ring (bicyclic) bond motifs is 1. The van der Waals surface area contributed by atoms with Crippen molar-refractivity contribution >= 4 is 16.7 Å². The highest BCUT2D eigenvalue weighted by Crippen LogP contribution is 2.32. The Bertz CT molecular complexity index is 611. The van der Waals surface area contributed by atoms with E-state index in [1.165, 1.54) is 43.7 Å². The first-order valence-electron chi connectivity index (χ1n) is 7.50. The van der Waals surface area contributed by atoms with Gasteiger partial charge in [-0.15, -0.1) is 0 Å². The predicted octanol–water partition coefficient (Wildman–Crippen LogP) is 2.06. The first-order valence-corrected chi connectivity index (χ1v) is 7.50. The average molecular weight is 272 g/mol. The van der Waals surface area contributed by atoms with Gasteiger partial charge in [-0.25, -0.2) is 4.63 Å². The lowest BCUT2D eigenvalue weighted by atomic mass is 9.97. The van der Waals surface area contributed by atoms with Gasteiger partial charge in [-0.3, -0.25) is 0 Å². The topological polar surface area (TPSA) is 45.4 Å². The first-order chi connectivity index (χ1) is 9.79. The molecule has 0 unspecified atom stereocenters. The molecule has 0 spiro atoms. The van der Waals surface area contributed by atoms with Gasteiger partial charge in [-0.2, -0.15) is 0 Å². The average Bonchev–Trinajstić information content (AvgIpc) is 3.02. The molecule has 5 nitrogen and oxygen atoms in total. The minimum Gasteiger partial charge on any atom is -0.369 e. The van der Waals surface area contributed by atoms with Crippen molar-refractivity contribution in [1.29, 1.82) is 0 Å². The summed E-state index contributed by atoms with van der Waals surface area (Å²) < 4.78 is 4.88. The van der Waals surface area contributed by atoms with E-state index in [1.807, 2.05) is 6.07 Å². The Balaban J connectivity index is 1.47. The van der Waals surface area contributed by atoms with E-state index in [1.54, 1.807) is 0 Å². The SMILES string of the molecule is Cc1cc(N2CC(CN3CCCC3)C2)c2nonc2c1. The predicted molar refractivity (Wildman–Crippen MR) is 77.9 cm³/mol. The number of nitrogens with zero attached hydrogens (tertiary/aromatic N) is 4. The van der Waals surface area contributed by atoms with Crippen LogP contribution in [0.4, 0.5) is 5.69 Å². The molecule has 4 rings (SSSR count). The molecule has 5 heteroatoms. The largest absolute Gasteiger partial charge is 0.369 e. The molecule has 1 aromatic heterocycles. The van der Waals surface area contributed by atoms with E-state index in [4.69, 9.17) is 4.63 Å². The summed E-state index contributed by atoms with van der Waals surface area (Å²) >= 11 is 0. The van der Waals surface area contributed by atoms with Crippen LogP contribution in [-0.4, -0.2) is 47.9 Å². The number of aromatic nitrogens is 2. The van der Waals surface area contributed by atoms with Crippen LogP contribution in [0.15, 0.2) is 16.8 Å². The van der Waals surface area contributed by atoms with Crippen molar-refractivity contribution in [2.75, 3.05) is 37.6 Å². The fourth-order valence-electron chi connectivity index (χ4n) is 3.46. The number of aryl methyl sites for hydroxylation is 1. The molecule has 0 bridgehead atoms. The molecule has 1 aromatic carbocycles. The second-order valence-corrected chi connectivity index (χ2v) is 6.19. The summed E-state index contributed by atoms with van der Waals surface area (Å²) in [7, 11) is 0. The maximum atomic E-state index is 4.88. The first kappa shape index (κ1) is 12.1. The Kier molecular flexibility index (Phi) is 2.88. The molecule has 2 aromatic rings. The van der Waals surface area contributed by atoms with Gasteiger partial charge >= 0.3 is 0 Å². The molecule has 0 aliphatic carbocycles. The fourth-order valence-corrected chi connectivity index (χ4v) is 3.46. The molecule has 2 aliphatic rings. The molecule has 0 amide bonds. The Morgan fingerprint density at radius 3 is 2.80 bits per heavy atom. The summed E-state index contributed by atoms with van der Waals surface area (Å²) in [6, 6.07) is 4.22. The maximum absolute atomic E-state index is 4.88. The third kappa shape index (κ3) is 2.06. The molecule has 20 heavy (non-hydrogen) atoms. The van der Waals surface area contributed by atoms with Crippen LogP contribution in [-0.2, 0) is 0 Å². The summed E-state index contributed by atoms with van der Waals surface area (Å²) in [6.45, 7) is 8.18. The van der Waals surface area contributed by atoms with E-state index in [9.17, 15) is 0 Å². The van der Waals surface area contributed by atoms with Crippen molar-refractivity contribution in [2.24, 2.45) is 5.92 Å². The smallest absolute Gasteiger partial charge is 0.158 e. The summed E-state index contributed by atoms with van der Waals surface area (Å²) in [5.74, 6) is 0.795. The van der Waals surface area contributed by atoms with Crippen LogP contribution in [0.25, 0.3) is 11.0 Å². The van der Waals surface area contributed by atoms with Crippen LogP contribution in [0.2, 0.25) is 0 Å². The summed E-state index contributed by atoms with van der Waals surface area (Å²) in [6.07, 6.45) is 2.75. The van der Waals surface area contributed by atoms with Crippen LogP contribution < -0.4 is 4.90 Å². The number of benzene rings is 1. The summed E-state index contributed by atoms with van der Waals surface area (Å²) in [4.78, 5) is 5.01. The van der Waals surface area contributed by atoms with Crippen molar-refractivity contribution in [3.8, 4) is 0 Å². The van der Waals surface area contributed by atoms with Gasteiger partial charge in [0.1, 0.15) is 5.52 Å². The van der Waals surface area contributed by atoms with Gasteiger partial charge in [0.25, 0.3) is 0 Å². The van der Waals surface area contributed by atoms with Crippen LogP contribution in [0, 0.1) is 12.8 Å². The lowest BCUT2D eigenvalue weighted by Crippen LogP contribution is -2.51. The molecule has 0 saturated carbocycles. The third-order valence-corrected chi connectivity index (χ3v) is 4.50. The van der Waals surface area contributed by atoms with E-state index >= 15 is 0 Å². The molecular formula is C15H20N4O. The molecule has 0 radical (unpaired) electrons. The van der Waals surface area contributed by atoms with E-state index < -0.39 is 0 Å². The van der Waals surface area contributed by atoms with E-state index in [0.29, 0.717) is 0 Å². The highest BCUT2D eigenvalue weighted by atomic mass is 16.6. The minimum absolute atomic E-state index is 0.795. The summed E-state index contributed by atoms with van der Waals surface area (Å²) in [5, 5.41) is 8.01. The van der Waals surface area contributed by atoms with Gasteiger partial charge in [0, 0.05) is 25.6 Å². The highest BCUT2D eigenvalue weighted by molar-refractivity contribution is 5.88. The van der Waals surface area contributed by atoms with Crippen molar-refractivity contribution in [2.45, 2.75) is 19.8 Å². The van der Waals surface area contributed by atoms with Crippen LogP contribution in [0.5, 0.6) is 0 Å². The number of likely N-dealkylation sites (tertiary alicyclic amines) is 1. The second-order valence-electron chi connectivity index (χ2n) is 6.19. The molecule has 2 aliphatic heterocycles. The number of hydrogen-bond acceptors (Lipinski definition) is 5. The van der Waals surface area contributed by atoms with Gasteiger partial charge in [0.15, 0.2) is 5.52 Å². The van der Waals surface area contributed by atoms with Crippen molar-refractivity contribution < 1.29 is 4.63 Å². The zero-order valence-electron chi connectivity index (χ0n) is 11.9. The Morgan fingerprint density at radius 2 is 2.00 bits per heavy atom. The zero-order chi connectivity index (χ0) is 13.5. The highest BCUT2D eigenvalue weighted by Gasteiger charge is 2.31. The van der Waals surface area contributed by atoms with Gasteiger partial charge in [-0.1, -0.05) is 0 Å². The van der Waals surface area contributed by atoms with Gasteiger partial charge in [0.05, 0.1) is 5.69 Å². The van der Waals surface area contributed by atoms with Crippen LogP contribution in [0.3, 0.4) is 0 Å². The van der Waals surface area contributed by atoms with Gasteiger partial charge in [-0.05, 0) is 60.9 Å². The quantitative estimate of drug-likeness (QED) is 0.856. The Labute approximate surface area is 118 Å². The summed E-state index contributed by atoms with van der Waals surface area (Å²) in [5.41, 5.74) is 4.16. The Hall–Kier alpha value is -1.62. The fraction of sp³-hybridized carbons (Fsp3) is 0.600. The number of hydrogen-bond donors (Lipinski definition) is 0. The molecule has 0 atom stereocenters. The lowest BCUT2D eigenvalue weighted by molar-refractivity contribution is 0.247. The molecule has 2 saturated heterocycles. The number of rotatable bonds is 3. The maximum Gasteiger partial charge on any atom is 0.158 e. The van der Waals surface area contributed by atoms with Gasteiger partial charge < -0.3 is 9.80 Å². The van der Waals surface area contributed by atoms with E-state index in [0.717, 1.165) is 30.0 Å². The van der Waals surface area contributed by atoms with Crippen LogP contribution in [0.1, 0.15) is 18.4 Å². The minimum atomic E-state index is 0.795. The van der Waals surface area contributed by atoms with E-state index in [-0.39, 0.29) is 0 Å². The molecule has 2 fully saturated rings. The van der Waals surface area contributed by atoms with Crippen molar-refractivity contribution in [3.05, 3.63) is 17.7 Å². The second kappa shape index (κ2) is 4.74. The normalized spacial score (nSPS) is 20.8. The van der Waals surface area contributed by atoms with Crippen molar-refractivity contribution in [3.63, 3.8) is 0 Å². The lowest BCUT2D eigenvalue weighted by Gasteiger charge is -2.42. The van der Waals surface area contributed by atoms with Crippen molar-refractivity contribution in [1.82, 2.24) is 15.2 Å². The number of anilines is 1.